The van der Waals surface area contributed by atoms with Crippen LogP contribution in [-0.4, -0.2) is 34.1 Å². The summed E-state index contributed by atoms with van der Waals surface area (Å²) in [5.41, 5.74) is 0. The van der Waals surface area contributed by atoms with Crippen molar-refractivity contribution in [3.05, 3.63) is 0 Å². The molecular weight excluding hydrogens is 214 g/mol. The molecule has 1 N–H and O–H groups in total. The maximum absolute atomic E-state index is 10.6. The topological polar surface area (TPSA) is 29.1 Å². The average Bonchev–Trinajstić information content (AvgIpc) is 1.87. The molecule has 4 heteroatoms. The number of nitrogens with one attached hydrogen (secondary N) is 1. The Kier molecular flexibility index (Phi) is 6.68. The lowest BCUT2D eigenvalue weighted by Crippen LogP contribution is -2.30. The molecule has 0 aliphatic carbocycles. The van der Waals surface area contributed by atoms with Gasteiger partial charge in [-0.2, -0.15) is 0 Å². The highest BCUT2D eigenvalue weighted by molar-refractivity contribution is 9.09. The Balaban J connectivity index is 3.11. The molecule has 0 aromatic heterocycles. The minimum Gasteiger partial charge on any atom is -0.313 e. The van der Waals surface area contributed by atoms with E-state index in [1.807, 2.05) is 0 Å². The third-order valence-corrected chi connectivity index (χ3v) is 2.86. The number of hydrogen-bond donors (Lipinski definition) is 1. The van der Waals surface area contributed by atoms with Crippen LogP contribution >= 0.6 is 15.9 Å². The molecule has 0 bridgehead atoms. The van der Waals surface area contributed by atoms with Crippen molar-refractivity contribution in [3.8, 4) is 0 Å². The second kappa shape index (κ2) is 6.31. The number of hydrogen-bond acceptors (Lipinski definition) is 2. The van der Waals surface area contributed by atoms with E-state index in [1.54, 1.807) is 6.26 Å². The van der Waals surface area contributed by atoms with E-state index in [0.29, 0.717) is 6.04 Å². The van der Waals surface area contributed by atoms with Crippen molar-refractivity contribution >= 4 is 26.7 Å². The molecule has 0 aromatic rings. The summed E-state index contributed by atoms with van der Waals surface area (Å²) in [6.07, 6.45) is 1.72. The minimum atomic E-state index is -0.662. The molecule has 0 spiro atoms. The predicted molar refractivity (Wildman–Crippen MR) is 50.2 cm³/mol. The zero-order valence-corrected chi connectivity index (χ0v) is 8.80. The monoisotopic (exact) mass is 227 g/mol. The van der Waals surface area contributed by atoms with E-state index in [4.69, 9.17) is 0 Å². The summed E-state index contributed by atoms with van der Waals surface area (Å²) in [5.74, 6) is 0.747. The van der Waals surface area contributed by atoms with E-state index in [9.17, 15) is 4.21 Å². The molecule has 0 rings (SSSR count). The lowest BCUT2D eigenvalue weighted by molar-refractivity contribution is 0.620. The standard InChI is InChI=1S/C6H14BrNOS/c1-6(5-7)8-3-4-10(2)9/h6,8H,3-5H2,1-2H3. The van der Waals surface area contributed by atoms with Crippen LogP contribution in [0.15, 0.2) is 0 Å². The fraction of sp³-hybridized carbons (Fsp3) is 1.00. The SMILES string of the molecule is CC(CBr)NCCS(C)=O. The summed E-state index contributed by atoms with van der Waals surface area (Å²) >= 11 is 3.34. The van der Waals surface area contributed by atoms with Gasteiger partial charge in [-0.25, -0.2) is 0 Å². The highest BCUT2D eigenvalue weighted by Crippen LogP contribution is 1.87. The van der Waals surface area contributed by atoms with Crippen LogP contribution in [0.4, 0.5) is 0 Å². The maximum atomic E-state index is 10.6. The molecule has 2 unspecified atom stereocenters. The van der Waals surface area contributed by atoms with E-state index in [0.717, 1.165) is 17.6 Å². The third-order valence-electron chi connectivity index (χ3n) is 1.11. The predicted octanol–water partition coefficient (Wildman–Crippen LogP) is 0.738. The molecule has 0 aliphatic heterocycles. The van der Waals surface area contributed by atoms with Crippen molar-refractivity contribution in [1.82, 2.24) is 5.32 Å². The van der Waals surface area contributed by atoms with Gasteiger partial charge in [0, 0.05) is 40.7 Å². The molecule has 0 aliphatic rings. The highest BCUT2D eigenvalue weighted by atomic mass is 79.9. The zero-order chi connectivity index (χ0) is 7.98. The third kappa shape index (κ3) is 6.71. The minimum absolute atomic E-state index is 0.476. The van der Waals surface area contributed by atoms with E-state index in [1.165, 1.54) is 0 Å². The van der Waals surface area contributed by atoms with Gasteiger partial charge in [0.25, 0.3) is 0 Å². The Bertz CT molecular complexity index is 110. The van der Waals surface area contributed by atoms with Crippen molar-refractivity contribution < 1.29 is 4.21 Å². The first-order valence-electron chi connectivity index (χ1n) is 3.26. The van der Waals surface area contributed by atoms with Gasteiger partial charge in [0.05, 0.1) is 0 Å². The highest BCUT2D eigenvalue weighted by Gasteiger charge is 1.97. The summed E-state index contributed by atoms with van der Waals surface area (Å²) in [7, 11) is -0.662. The van der Waals surface area contributed by atoms with Crippen LogP contribution in [0.3, 0.4) is 0 Å². The Morgan fingerprint density at radius 1 is 1.70 bits per heavy atom. The Labute approximate surface area is 73.4 Å². The van der Waals surface area contributed by atoms with Gasteiger partial charge in [-0.15, -0.1) is 0 Å². The molecule has 0 fully saturated rings. The van der Waals surface area contributed by atoms with Crippen LogP contribution in [0.5, 0.6) is 0 Å². The van der Waals surface area contributed by atoms with Gasteiger partial charge in [0.1, 0.15) is 0 Å². The molecule has 2 atom stereocenters. The summed E-state index contributed by atoms with van der Waals surface area (Å²) in [6.45, 7) is 2.93. The fourth-order valence-electron chi connectivity index (χ4n) is 0.504. The van der Waals surface area contributed by atoms with Gasteiger partial charge in [0.2, 0.25) is 0 Å². The normalized spacial score (nSPS) is 16.7. The number of rotatable bonds is 5. The molecule has 2 nitrogen and oxygen atoms in total. The molecular formula is C6H14BrNOS. The first-order valence-corrected chi connectivity index (χ1v) is 6.11. The second-order valence-electron chi connectivity index (χ2n) is 2.29. The largest absolute Gasteiger partial charge is 0.313 e. The average molecular weight is 228 g/mol. The molecule has 62 valence electrons. The van der Waals surface area contributed by atoms with E-state index in [2.05, 4.69) is 28.2 Å². The molecule has 0 aromatic carbocycles. The van der Waals surface area contributed by atoms with Gasteiger partial charge < -0.3 is 5.32 Å². The Morgan fingerprint density at radius 2 is 2.30 bits per heavy atom. The molecule has 0 amide bonds. The molecule has 0 saturated carbocycles. The van der Waals surface area contributed by atoms with Gasteiger partial charge >= 0.3 is 0 Å². The van der Waals surface area contributed by atoms with E-state index in [-0.39, 0.29) is 0 Å². The van der Waals surface area contributed by atoms with Crippen LogP contribution in [0.1, 0.15) is 6.92 Å². The van der Waals surface area contributed by atoms with Crippen molar-refractivity contribution in [2.75, 3.05) is 23.9 Å². The van der Waals surface area contributed by atoms with E-state index < -0.39 is 10.8 Å². The first kappa shape index (κ1) is 10.6. The van der Waals surface area contributed by atoms with Crippen LogP contribution in [0.25, 0.3) is 0 Å². The smallest absolute Gasteiger partial charge is 0.0357 e. The number of alkyl halides is 1. The van der Waals surface area contributed by atoms with Gasteiger partial charge in [0.15, 0.2) is 0 Å². The van der Waals surface area contributed by atoms with E-state index >= 15 is 0 Å². The van der Waals surface area contributed by atoms with Crippen LogP contribution in [0.2, 0.25) is 0 Å². The van der Waals surface area contributed by atoms with Crippen LogP contribution in [0, 0.1) is 0 Å². The summed E-state index contributed by atoms with van der Waals surface area (Å²) in [6, 6.07) is 0.476. The summed E-state index contributed by atoms with van der Waals surface area (Å²) in [4.78, 5) is 0. The Hall–Kier alpha value is 0.590. The van der Waals surface area contributed by atoms with Crippen molar-refractivity contribution in [2.45, 2.75) is 13.0 Å². The Morgan fingerprint density at radius 3 is 2.70 bits per heavy atom. The molecule has 0 radical (unpaired) electrons. The summed E-state index contributed by atoms with van der Waals surface area (Å²) < 4.78 is 10.6. The van der Waals surface area contributed by atoms with Crippen molar-refractivity contribution in [1.29, 1.82) is 0 Å². The van der Waals surface area contributed by atoms with Gasteiger partial charge in [-0.1, -0.05) is 15.9 Å². The maximum Gasteiger partial charge on any atom is 0.0357 e. The zero-order valence-electron chi connectivity index (χ0n) is 6.39. The molecule has 0 heterocycles. The van der Waals surface area contributed by atoms with Crippen molar-refractivity contribution in [2.24, 2.45) is 0 Å². The molecule has 0 saturated heterocycles. The van der Waals surface area contributed by atoms with Crippen LogP contribution in [-0.2, 0) is 10.8 Å². The first-order chi connectivity index (χ1) is 4.66. The van der Waals surface area contributed by atoms with Crippen LogP contribution < -0.4 is 5.32 Å². The second-order valence-corrected chi connectivity index (χ2v) is 4.49. The molecule has 10 heavy (non-hydrogen) atoms. The lowest BCUT2D eigenvalue weighted by atomic mass is 10.4. The summed E-state index contributed by atoms with van der Waals surface area (Å²) in [5, 5.41) is 4.17. The lowest BCUT2D eigenvalue weighted by Gasteiger charge is -2.08. The number of halogens is 1. The fourth-order valence-corrected chi connectivity index (χ4v) is 1.14. The quantitative estimate of drug-likeness (QED) is 0.703. The van der Waals surface area contributed by atoms with Crippen molar-refractivity contribution in [3.63, 3.8) is 0 Å². The van der Waals surface area contributed by atoms with Gasteiger partial charge in [-0.3, -0.25) is 4.21 Å². The van der Waals surface area contributed by atoms with Gasteiger partial charge in [-0.05, 0) is 6.92 Å².